The maximum atomic E-state index is 13.8. The minimum absolute atomic E-state index is 0.00950. The molecule has 0 saturated carbocycles. The van der Waals surface area contributed by atoms with Gasteiger partial charge in [0.1, 0.15) is 5.52 Å². The van der Waals surface area contributed by atoms with Crippen LogP contribution in [0.25, 0.3) is 22.2 Å². The maximum absolute atomic E-state index is 13.8. The smallest absolute Gasteiger partial charge is 0.196 e. The summed E-state index contributed by atoms with van der Waals surface area (Å²) >= 11 is 0. The summed E-state index contributed by atoms with van der Waals surface area (Å²) in [5, 5.41) is 8.86. The Morgan fingerprint density at radius 3 is 2.39 bits per heavy atom. The Labute approximate surface area is 192 Å². The fraction of sp³-hybridized carbons (Fsp3) is 0.259. The van der Waals surface area contributed by atoms with E-state index in [4.69, 9.17) is 9.26 Å². The van der Waals surface area contributed by atoms with Crippen LogP contribution >= 0.6 is 0 Å². The predicted molar refractivity (Wildman–Crippen MR) is 130 cm³/mol. The average Bonchev–Trinajstić information content (AvgIpc) is 3.26. The van der Waals surface area contributed by atoms with Gasteiger partial charge in [-0.3, -0.25) is 4.79 Å². The van der Waals surface area contributed by atoms with Crippen molar-refractivity contribution in [1.82, 2.24) is 5.16 Å². The molecule has 0 amide bonds. The van der Waals surface area contributed by atoms with Crippen LogP contribution < -0.4 is 10.2 Å². The van der Waals surface area contributed by atoms with Crippen molar-refractivity contribution in [1.29, 1.82) is 0 Å². The topological polar surface area (TPSA) is 67.6 Å². The van der Waals surface area contributed by atoms with E-state index in [-0.39, 0.29) is 5.78 Å². The molecule has 1 N–H and O–H groups in total. The first-order valence-electron chi connectivity index (χ1n) is 11.3. The summed E-state index contributed by atoms with van der Waals surface area (Å²) in [5.41, 5.74) is 9.05. The van der Waals surface area contributed by atoms with Crippen molar-refractivity contribution in [2.75, 3.05) is 36.5 Å². The molecule has 6 heteroatoms. The number of carbonyl (C=O) groups excluding carboxylic acids is 1. The summed E-state index contributed by atoms with van der Waals surface area (Å²) in [5.74, 6) is 0.649. The Morgan fingerprint density at radius 1 is 0.970 bits per heavy atom. The van der Waals surface area contributed by atoms with Gasteiger partial charge in [0.05, 0.1) is 35.5 Å². The molecule has 166 valence electrons. The molecular weight excluding hydrogens is 414 g/mol. The van der Waals surface area contributed by atoms with Gasteiger partial charge in [-0.05, 0) is 38.0 Å². The highest BCUT2D eigenvalue weighted by Crippen LogP contribution is 2.46. The van der Waals surface area contributed by atoms with Gasteiger partial charge in [-0.2, -0.15) is 0 Å². The van der Waals surface area contributed by atoms with E-state index in [1.165, 1.54) is 5.56 Å². The van der Waals surface area contributed by atoms with Crippen LogP contribution in [0.2, 0.25) is 0 Å². The SMILES string of the molecule is Cc1cc(C)c(Nc2cc(N3CCOCC3)c3noc4c3c2C(=O)c2ccccc2-4)c(C)c1. The van der Waals surface area contributed by atoms with Gasteiger partial charge in [-0.1, -0.05) is 47.1 Å². The van der Waals surface area contributed by atoms with Crippen LogP contribution in [0, 0.1) is 20.8 Å². The fourth-order valence-corrected chi connectivity index (χ4v) is 5.20. The number of ether oxygens (including phenoxy) is 1. The lowest BCUT2D eigenvalue weighted by atomic mass is 9.86. The quantitative estimate of drug-likeness (QED) is 0.398. The molecule has 1 aliphatic heterocycles. The molecule has 4 aromatic rings. The third kappa shape index (κ3) is 3.05. The summed E-state index contributed by atoms with van der Waals surface area (Å²) in [6.45, 7) is 9.14. The van der Waals surface area contributed by atoms with Gasteiger partial charge < -0.3 is 19.5 Å². The van der Waals surface area contributed by atoms with Gasteiger partial charge in [0.15, 0.2) is 11.5 Å². The number of rotatable bonds is 3. The molecule has 6 rings (SSSR count). The largest absolute Gasteiger partial charge is 0.378 e. The minimum atomic E-state index is -0.00950. The average molecular weight is 440 g/mol. The first-order chi connectivity index (χ1) is 16.0. The number of carbonyl (C=O) groups is 1. The lowest BCUT2D eigenvalue weighted by molar-refractivity contribution is 0.104. The molecule has 1 aliphatic carbocycles. The monoisotopic (exact) mass is 439 g/mol. The predicted octanol–water partition coefficient (Wildman–Crippen LogP) is 5.54. The molecule has 0 atom stereocenters. The summed E-state index contributed by atoms with van der Waals surface area (Å²) in [6.07, 6.45) is 0. The van der Waals surface area contributed by atoms with Crippen LogP contribution in [0.5, 0.6) is 0 Å². The number of anilines is 3. The highest BCUT2D eigenvalue weighted by molar-refractivity contribution is 6.28. The summed E-state index contributed by atoms with van der Waals surface area (Å²) in [4.78, 5) is 16.0. The fourth-order valence-electron chi connectivity index (χ4n) is 5.20. The molecule has 2 aliphatic rings. The molecule has 0 spiro atoms. The highest BCUT2D eigenvalue weighted by Gasteiger charge is 2.34. The Bertz CT molecular complexity index is 1410. The van der Waals surface area contributed by atoms with Crippen LogP contribution in [0.15, 0.2) is 47.0 Å². The van der Waals surface area contributed by atoms with Crippen LogP contribution in [0.4, 0.5) is 17.1 Å². The molecule has 0 radical (unpaired) electrons. The van der Waals surface area contributed by atoms with E-state index in [0.717, 1.165) is 57.7 Å². The molecule has 0 bridgehead atoms. The molecule has 1 fully saturated rings. The number of nitrogens with zero attached hydrogens (tertiary/aromatic N) is 2. The zero-order valence-corrected chi connectivity index (χ0v) is 19.0. The molecule has 3 aromatic carbocycles. The standard InChI is InChI=1S/C27H25N3O3/c1-15-12-16(2)24(17(3)13-15)28-20-14-21(30-8-10-32-11-9-30)25-23-22(20)26(31)18-6-4-5-7-19(18)27(23)33-29-25/h4-7,12-14,28H,8-11H2,1-3H3. The van der Waals surface area contributed by atoms with E-state index < -0.39 is 0 Å². The van der Waals surface area contributed by atoms with Gasteiger partial charge in [-0.15, -0.1) is 0 Å². The van der Waals surface area contributed by atoms with Gasteiger partial charge in [-0.25, -0.2) is 0 Å². The van der Waals surface area contributed by atoms with Crippen LogP contribution in [-0.4, -0.2) is 37.2 Å². The van der Waals surface area contributed by atoms with Crippen LogP contribution in [-0.2, 0) is 4.74 Å². The third-order valence-electron chi connectivity index (χ3n) is 6.67. The lowest BCUT2D eigenvalue weighted by Crippen LogP contribution is -2.36. The van der Waals surface area contributed by atoms with Crippen molar-refractivity contribution in [2.45, 2.75) is 20.8 Å². The van der Waals surface area contributed by atoms with Gasteiger partial charge in [0.2, 0.25) is 0 Å². The van der Waals surface area contributed by atoms with E-state index in [2.05, 4.69) is 54.3 Å². The normalized spacial score (nSPS) is 15.1. The molecule has 1 aromatic heterocycles. The van der Waals surface area contributed by atoms with Crippen molar-refractivity contribution in [3.63, 3.8) is 0 Å². The Hall–Kier alpha value is -3.64. The number of morpholine rings is 1. The molecule has 1 saturated heterocycles. The number of ketones is 1. The van der Waals surface area contributed by atoms with Crippen molar-refractivity contribution < 1.29 is 14.1 Å². The number of nitrogens with one attached hydrogen (secondary N) is 1. The van der Waals surface area contributed by atoms with Crippen molar-refractivity contribution in [3.8, 4) is 11.3 Å². The second-order valence-electron chi connectivity index (χ2n) is 8.93. The zero-order valence-electron chi connectivity index (χ0n) is 19.0. The Kier molecular flexibility index (Phi) is 4.52. The first-order valence-corrected chi connectivity index (χ1v) is 11.3. The zero-order chi connectivity index (χ0) is 22.7. The van der Waals surface area contributed by atoms with Crippen molar-refractivity contribution >= 4 is 33.7 Å². The molecule has 6 nitrogen and oxygen atoms in total. The van der Waals surface area contributed by atoms with Crippen molar-refractivity contribution in [2.24, 2.45) is 0 Å². The first kappa shape index (κ1) is 20.0. The third-order valence-corrected chi connectivity index (χ3v) is 6.67. The van der Waals surface area contributed by atoms with E-state index in [1.807, 2.05) is 24.3 Å². The van der Waals surface area contributed by atoms with E-state index in [0.29, 0.717) is 30.1 Å². The van der Waals surface area contributed by atoms with Crippen LogP contribution in [0.1, 0.15) is 32.6 Å². The highest BCUT2D eigenvalue weighted by atomic mass is 16.5. The second kappa shape index (κ2) is 7.46. The van der Waals surface area contributed by atoms with E-state index in [1.54, 1.807) is 0 Å². The number of hydrogen-bond donors (Lipinski definition) is 1. The number of benzene rings is 3. The Morgan fingerprint density at radius 2 is 1.67 bits per heavy atom. The maximum Gasteiger partial charge on any atom is 0.196 e. The lowest BCUT2D eigenvalue weighted by Gasteiger charge is -2.30. The van der Waals surface area contributed by atoms with E-state index >= 15 is 0 Å². The van der Waals surface area contributed by atoms with Crippen LogP contribution in [0.3, 0.4) is 0 Å². The van der Waals surface area contributed by atoms with Gasteiger partial charge >= 0.3 is 0 Å². The molecule has 0 unspecified atom stereocenters. The Balaban J connectivity index is 1.63. The van der Waals surface area contributed by atoms with Gasteiger partial charge in [0.25, 0.3) is 0 Å². The van der Waals surface area contributed by atoms with E-state index in [9.17, 15) is 4.79 Å². The minimum Gasteiger partial charge on any atom is -0.378 e. The van der Waals surface area contributed by atoms with Gasteiger partial charge in [0, 0.05) is 29.9 Å². The summed E-state index contributed by atoms with van der Waals surface area (Å²) < 4.78 is 11.5. The molecule has 33 heavy (non-hydrogen) atoms. The molecule has 2 heterocycles. The summed E-state index contributed by atoms with van der Waals surface area (Å²) in [6, 6.07) is 14.0. The second-order valence-corrected chi connectivity index (χ2v) is 8.93. The number of aromatic nitrogens is 1. The number of aryl methyl sites for hydroxylation is 3. The number of hydrogen-bond acceptors (Lipinski definition) is 6. The molecular formula is C27H25N3O3. The summed E-state index contributed by atoms with van der Waals surface area (Å²) in [7, 11) is 0. The number of fused-ring (bicyclic) bond motifs is 2. The van der Waals surface area contributed by atoms with Crippen molar-refractivity contribution in [3.05, 3.63) is 70.3 Å².